The number of benzene rings is 1. The number of aromatic nitrogens is 1. The van der Waals surface area contributed by atoms with Crippen LogP contribution in [0.3, 0.4) is 0 Å². The summed E-state index contributed by atoms with van der Waals surface area (Å²) in [6, 6.07) is 10.00. The van der Waals surface area contributed by atoms with Gasteiger partial charge in [-0.2, -0.15) is 0 Å². The molecule has 1 aromatic carbocycles. The fraction of sp³-hybridized carbons (Fsp3) is 0.267. The van der Waals surface area contributed by atoms with Gasteiger partial charge in [0.05, 0.1) is 5.69 Å². The largest absolute Gasteiger partial charge is 0.328 e. The SMILES string of the molecule is CC1CCc2ccccc2N1S(=O)(=O)c1ccc(=O)[nH]c1. The lowest BCUT2D eigenvalue weighted by Crippen LogP contribution is -2.42. The number of aryl methyl sites for hydroxylation is 1. The average molecular weight is 304 g/mol. The molecule has 1 aliphatic heterocycles. The molecule has 0 radical (unpaired) electrons. The van der Waals surface area contributed by atoms with Crippen LogP contribution < -0.4 is 9.86 Å². The van der Waals surface area contributed by atoms with Crippen LogP contribution in [0.5, 0.6) is 0 Å². The summed E-state index contributed by atoms with van der Waals surface area (Å²) in [6.07, 6.45) is 2.90. The predicted octanol–water partition coefficient (Wildman–Crippen LogP) is 1.90. The summed E-state index contributed by atoms with van der Waals surface area (Å²) >= 11 is 0. The number of hydrogen-bond acceptors (Lipinski definition) is 3. The number of hydrogen-bond donors (Lipinski definition) is 1. The van der Waals surface area contributed by atoms with Crippen molar-refractivity contribution in [3.63, 3.8) is 0 Å². The summed E-state index contributed by atoms with van der Waals surface area (Å²) in [6.45, 7) is 1.90. The average Bonchev–Trinajstić information content (AvgIpc) is 2.47. The highest BCUT2D eigenvalue weighted by Crippen LogP contribution is 2.34. The summed E-state index contributed by atoms with van der Waals surface area (Å²) in [4.78, 5) is 13.6. The summed E-state index contributed by atoms with van der Waals surface area (Å²) < 4.78 is 27.2. The maximum atomic E-state index is 12.9. The van der Waals surface area contributed by atoms with Gasteiger partial charge >= 0.3 is 0 Å². The van der Waals surface area contributed by atoms with Gasteiger partial charge in [-0.15, -0.1) is 0 Å². The number of nitrogens with zero attached hydrogens (tertiary/aromatic N) is 1. The van der Waals surface area contributed by atoms with E-state index in [9.17, 15) is 13.2 Å². The molecule has 0 amide bonds. The van der Waals surface area contributed by atoms with E-state index in [1.807, 2.05) is 31.2 Å². The van der Waals surface area contributed by atoms with Crippen molar-refractivity contribution in [3.05, 3.63) is 58.5 Å². The monoisotopic (exact) mass is 304 g/mol. The molecule has 0 aliphatic carbocycles. The van der Waals surface area contributed by atoms with Crippen molar-refractivity contribution in [2.24, 2.45) is 0 Å². The quantitative estimate of drug-likeness (QED) is 0.921. The summed E-state index contributed by atoms with van der Waals surface area (Å²) in [7, 11) is -3.68. The number of para-hydroxylation sites is 1. The van der Waals surface area contributed by atoms with Crippen molar-refractivity contribution in [1.29, 1.82) is 0 Å². The first kappa shape index (κ1) is 13.9. The van der Waals surface area contributed by atoms with Crippen molar-refractivity contribution in [3.8, 4) is 0 Å². The molecule has 6 heteroatoms. The molecule has 0 fully saturated rings. The van der Waals surface area contributed by atoms with E-state index in [2.05, 4.69) is 4.98 Å². The molecule has 1 aliphatic rings. The van der Waals surface area contributed by atoms with Crippen LogP contribution in [0.2, 0.25) is 0 Å². The number of sulfonamides is 1. The Hall–Kier alpha value is -2.08. The van der Waals surface area contributed by atoms with E-state index in [0.717, 1.165) is 24.1 Å². The zero-order valence-corrected chi connectivity index (χ0v) is 12.4. The molecular formula is C15H16N2O3S. The van der Waals surface area contributed by atoms with E-state index in [1.165, 1.54) is 22.6 Å². The molecule has 1 unspecified atom stereocenters. The van der Waals surface area contributed by atoms with Crippen LogP contribution in [-0.2, 0) is 16.4 Å². The van der Waals surface area contributed by atoms with Crippen molar-refractivity contribution in [1.82, 2.24) is 4.98 Å². The van der Waals surface area contributed by atoms with Crippen LogP contribution in [0.4, 0.5) is 5.69 Å². The third kappa shape index (κ3) is 2.35. The van der Waals surface area contributed by atoms with Crippen molar-refractivity contribution in [2.75, 3.05) is 4.31 Å². The number of aromatic amines is 1. The van der Waals surface area contributed by atoms with Gasteiger partial charge in [-0.3, -0.25) is 9.10 Å². The molecule has 1 atom stereocenters. The predicted molar refractivity (Wildman–Crippen MR) is 81.0 cm³/mol. The van der Waals surface area contributed by atoms with Crippen LogP contribution in [0.25, 0.3) is 0 Å². The molecule has 3 rings (SSSR count). The molecule has 1 N–H and O–H groups in total. The second-order valence-electron chi connectivity index (χ2n) is 5.21. The molecule has 21 heavy (non-hydrogen) atoms. The molecule has 1 aromatic heterocycles. The third-order valence-corrected chi connectivity index (χ3v) is 5.70. The van der Waals surface area contributed by atoms with Crippen LogP contribution in [0.1, 0.15) is 18.9 Å². The summed E-state index contributed by atoms with van der Waals surface area (Å²) in [5, 5.41) is 0. The van der Waals surface area contributed by atoms with Gasteiger partial charge in [0, 0.05) is 18.3 Å². The number of nitrogens with one attached hydrogen (secondary N) is 1. The minimum Gasteiger partial charge on any atom is -0.328 e. The van der Waals surface area contributed by atoms with Gasteiger partial charge in [0.1, 0.15) is 4.90 Å². The zero-order chi connectivity index (χ0) is 15.0. The molecule has 0 bridgehead atoms. The first-order valence-corrected chi connectivity index (χ1v) is 8.25. The van der Waals surface area contributed by atoms with Crippen LogP contribution in [-0.4, -0.2) is 19.4 Å². The molecule has 0 saturated heterocycles. The third-order valence-electron chi connectivity index (χ3n) is 3.77. The van der Waals surface area contributed by atoms with Gasteiger partial charge in [-0.05, 0) is 37.5 Å². The van der Waals surface area contributed by atoms with E-state index in [1.54, 1.807) is 0 Å². The molecule has 0 spiro atoms. The molecule has 2 aromatic rings. The minimum absolute atomic E-state index is 0.102. The first-order valence-electron chi connectivity index (χ1n) is 6.81. The van der Waals surface area contributed by atoms with Crippen LogP contribution in [0.15, 0.2) is 52.3 Å². The highest BCUT2D eigenvalue weighted by atomic mass is 32.2. The summed E-state index contributed by atoms with van der Waals surface area (Å²) in [5.74, 6) is 0. The lowest BCUT2D eigenvalue weighted by molar-refractivity contribution is 0.563. The van der Waals surface area contributed by atoms with Crippen LogP contribution >= 0.6 is 0 Å². The molecule has 0 saturated carbocycles. The lowest BCUT2D eigenvalue weighted by atomic mass is 9.99. The maximum absolute atomic E-state index is 12.9. The Morgan fingerprint density at radius 1 is 1.19 bits per heavy atom. The number of anilines is 1. The van der Waals surface area contributed by atoms with Gasteiger partial charge in [0.2, 0.25) is 5.56 Å². The Labute approximate surface area is 123 Å². The Kier molecular flexibility index (Phi) is 3.33. The number of rotatable bonds is 2. The number of H-pyrrole nitrogens is 1. The van der Waals surface area contributed by atoms with Crippen molar-refractivity contribution < 1.29 is 8.42 Å². The number of pyridine rings is 1. The first-order chi connectivity index (χ1) is 10.00. The molecule has 5 nitrogen and oxygen atoms in total. The summed E-state index contributed by atoms with van der Waals surface area (Å²) in [5.41, 5.74) is 1.44. The van der Waals surface area contributed by atoms with Gasteiger partial charge < -0.3 is 4.98 Å². The highest BCUT2D eigenvalue weighted by molar-refractivity contribution is 7.92. The molecular weight excluding hydrogens is 288 g/mol. The second kappa shape index (κ2) is 5.04. The lowest BCUT2D eigenvalue weighted by Gasteiger charge is -2.35. The smallest absolute Gasteiger partial charge is 0.266 e. The minimum atomic E-state index is -3.68. The Bertz CT molecular complexity index is 806. The molecule has 110 valence electrons. The number of fused-ring (bicyclic) bond motifs is 1. The standard InChI is InChI=1S/C15H16N2O3S/c1-11-6-7-12-4-2-3-5-14(12)17(11)21(19,20)13-8-9-15(18)16-10-13/h2-5,8-11H,6-7H2,1H3,(H,16,18). The van der Waals surface area contributed by atoms with E-state index in [-0.39, 0.29) is 16.5 Å². The van der Waals surface area contributed by atoms with E-state index < -0.39 is 10.0 Å². The fourth-order valence-electron chi connectivity index (χ4n) is 2.69. The fourth-order valence-corrected chi connectivity index (χ4v) is 4.38. The normalized spacial score (nSPS) is 18.3. The van der Waals surface area contributed by atoms with E-state index in [4.69, 9.17) is 0 Å². The Balaban J connectivity index is 2.14. The van der Waals surface area contributed by atoms with Gasteiger partial charge in [0.15, 0.2) is 0 Å². The van der Waals surface area contributed by atoms with Crippen molar-refractivity contribution in [2.45, 2.75) is 30.7 Å². The highest BCUT2D eigenvalue weighted by Gasteiger charge is 2.33. The van der Waals surface area contributed by atoms with Gasteiger partial charge in [0.25, 0.3) is 10.0 Å². The van der Waals surface area contributed by atoms with E-state index >= 15 is 0 Å². The molecule has 2 heterocycles. The van der Waals surface area contributed by atoms with Crippen LogP contribution in [0, 0.1) is 0 Å². The Morgan fingerprint density at radius 2 is 1.95 bits per heavy atom. The topological polar surface area (TPSA) is 70.2 Å². The zero-order valence-electron chi connectivity index (χ0n) is 11.6. The van der Waals surface area contributed by atoms with Crippen molar-refractivity contribution >= 4 is 15.7 Å². The van der Waals surface area contributed by atoms with Gasteiger partial charge in [-0.25, -0.2) is 8.42 Å². The van der Waals surface area contributed by atoms with E-state index in [0.29, 0.717) is 0 Å². The second-order valence-corrected chi connectivity index (χ2v) is 7.02. The maximum Gasteiger partial charge on any atom is 0.266 e. The van der Waals surface area contributed by atoms with Gasteiger partial charge in [-0.1, -0.05) is 18.2 Å². The Morgan fingerprint density at radius 3 is 2.67 bits per heavy atom.